The summed E-state index contributed by atoms with van der Waals surface area (Å²) in [6.45, 7) is 0. The SMILES string of the molecule is O=C(N/N=C/c1cccc(Cl)c1)c1ccc(NC(=O)c2ccccc2)cc1. The molecule has 0 radical (unpaired) electrons. The zero-order valence-electron chi connectivity index (χ0n) is 14.2. The van der Waals surface area contributed by atoms with Gasteiger partial charge in [-0.05, 0) is 54.1 Å². The van der Waals surface area contributed by atoms with Crippen LogP contribution in [0, 0.1) is 0 Å². The van der Waals surface area contributed by atoms with Crippen molar-refractivity contribution in [3.8, 4) is 0 Å². The van der Waals surface area contributed by atoms with Crippen molar-refractivity contribution >= 4 is 35.3 Å². The number of anilines is 1. The van der Waals surface area contributed by atoms with E-state index in [2.05, 4.69) is 15.8 Å². The van der Waals surface area contributed by atoms with Crippen molar-refractivity contribution in [1.82, 2.24) is 5.43 Å². The predicted octanol–water partition coefficient (Wildman–Crippen LogP) is 4.36. The van der Waals surface area contributed by atoms with Gasteiger partial charge in [0.05, 0.1) is 6.21 Å². The molecule has 0 fully saturated rings. The normalized spacial score (nSPS) is 10.6. The minimum absolute atomic E-state index is 0.209. The van der Waals surface area contributed by atoms with Gasteiger partial charge in [-0.3, -0.25) is 9.59 Å². The van der Waals surface area contributed by atoms with Crippen LogP contribution < -0.4 is 10.7 Å². The van der Waals surface area contributed by atoms with Gasteiger partial charge in [0.15, 0.2) is 0 Å². The Balaban J connectivity index is 1.58. The topological polar surface area (TPSA) is 70.6 Å². The Bertz CT molecular complexity index is 970. The maximum absolute atomic E-state index is 12.1. The summed E-state index contributed by atoms with van der Waals surface area (Å²) in [5.41, 5.74) is 4.82. The van der Waals surface area contributed by atoms with Crippen molar-refractivity contribution in [1.29, 1.82) is 0 Å². The Morgan fingerprint density at radius 2 is 1.52 bits per heavy atom. The van der Waals surface area contributed by atoms with Crippen LogP contribution in [0.1, 0.15) is 26.3 Å². The van der Waals surface area contributed by atoms with Gasteiger partial charge >= 0.3 is 0 Å². The lowest BCUT2D eigenvalue weighted by molar-refractivity contribution is 0.0954. The number of amides is 2. The Morgan fingerprint density at radius 1 is 0.815 bits per heavy atom. The minimum Gasteiger partial charge on any atom is -0.322 e. The van der Waals surface area contributed by atoms with Crippen LogP contribution in [-0.4, -0.2) is 18.0 Å². The molecule has 0 aliphatic heterocycles. The average molecular weight is 378 g/mol. The van der Waals surface area contributed by atoms with Crippen LogP contribution in [0.5, 0.6) is 0 Å². The molecule has 0 saturated heterocycles. The molecule has 2 amide bonds. The first-order valence-electron chi connectivity index (χ1n) is 8.17. The number of nitrogens with one attached hydrogen (secondary N) is 2. The maximum atomic E-state index is 12.1. The molecule has 0 unspecified atom stereocenters. The van der Waals surface area contributed by atoms with Crippen LogP contribution in [-0.2, 0) is 0 Å². The lowest BCUT2D eigenvalue weighted by Crippen LogP contribution is -2.17. The Kier molecular flexibility index (Phi) is 5.97. The quantitative estimate of drug-likeness (QED) is 0.512. The van der Waals surface area contributed by atoms with Crippen LogP contribution in [0.2, 0.25) is 5.02 Å². The molecule has 2 N–H and O–H groups in total. The second-order valence-electron chi connectivity index (χ2n) is 5.65. The first kappa shape index (κ1) is 18.4. The van der Waals surface area contributed by atoms with E-state index in [1.54, 1.807) is 66.7 Å². The molecule has 0 aliphatic carbocycles. The fourth-order valence-corrected chi connectivity index (χ4v) is 2.51. The smallest absolute Gasteiger partial charge is 0.271 e. The van der Waals surface area contributed by atoms with Gasteiger partial charge in [-0.1, -0.05) is 41.9 Å². The summed E-state index contributed by atoms with van der Waals surface area (Å²) < 4.78 is 0. The van der Waals surface area contributed by atoms with Gasteiger partial charge in [0, 0.05) is 21.8 Å². The number of carbonyl (C=O) groups excluding carboxylic acids is 2. The van der Waals surface area contributed by atoms with E-state index in [0.717, 1.165) is 5.56 Å². The van der Waals surface area contributed by atoms with Gasteiger partial charge in [-0.15, -0.1) is 0 Å². The monoisotopic (exact) mass is 377 g/mol. The van der Waals surface area contributed by atoms with Crippen LogP contribution >= 0.6 is 11.6 Å². The fraction of sp³-hybridized carbons (Fsp3) is 0. The summed E-state index contributed by atoms with van der Waals surface area (Å²) >= 11 is 5.89. The maximum Gasteiger partial charge on any atom is 0.271 e. The first-order chi connectivity index (χ1) is 13.1. The molecule has 134 valence electrons. The summed E-state index contributed by atoms with van der Waals surface area (Å²) in [5.74, 6) is -0.562. The third-order valence-corrected chi connectivity index (χ3v) is 3.90. The highest BCUT2D eigenvalue weighted by Gasteiger charge is 2.07. The third kappa shape index (κ3) is 5.26. The molecule has 0 heterocycles. The molecule has 0 spiro atoms. The summed E-state index contributed by atoms with van der Waals surface area (Å²) in [6, 6.07) is 22.6. The largest absolute Gasteiger partial charge is 0.322 e. The van der Waals surface area contributed by atoms with Crippen LogP contribution in [0.4, 0.5) is 5.69 Å². The van der Waals surface area contributed by atoms with E-state index in [1.165, 1.54) is 6.21 Å². The summed E-state index contributed by atoms with van der Waals surface area (Å²) in [4.78, 5) is 24.2. The Morgan fingerprint density at radius 3 is 2.22 bits per heavy atom. The standard InChI is InChI=1S/C21H16ClN3O2/c22-18-8-4-5-15(13-18)14-23-25-21(27)17-9-11-19(12-10-17)24-20(26)16-6-2-1-3-7-16/h1-14H,(H,24,26)(H,25,27)/b23-14+. The van der Waals surface area contributed by atoms with Crippen molar-refractivity contribution < 1.29 is 9.59 Å². The van der Waals surface area contributed by atoms with Crippen molar-refractivity contribution in [3.63, 3.8) is 0 Å². The zero-order valence-corrected chi connectivity index (χ0v) is 15.0. The minimum atomic E-state index is -0.353. The molecule has 27 heavy (non-hydrogen) atoms. The summed E-state index contributed by atoms with van der Waals surface area (Å²) in [7, 11) is 0. The lowest BCUT2D eigenvalue weighted by Gasteiger charge is -2.06. The first-order valence-corrected chi connectivity index (χ1v) is 8.55. The second kappa shape index (κ2) is 8.78. The van der Waals surface area contributed by atoms with E-state index >= 15 is 0 Å². The van der Waals surface area contributed by atoms with E-state index in [4.69, 9.17) is 11.6 Å². The van der Waals surface area contributed by atoms with Crippen molar-refractivity contribution in [3.05, 3.63) is 101 Å². The van der Waals surface area contributed by atoms with E-state index in [0.29, 0.717) is 21.8 Å². The molecule has 0 saturated carbocycles. The average Bonchev–Trinajstić information content (AvgIpc) is 2.69. The molecule has 5 nitrogen and oxygen atoms in total. The molecule has 3 aromatic rings. The zero-order chi connectivity index (χ0) is 19.1. The van der Waals surface area contributed by atoms with Gasteiger partial charge in [0.2, 0.25) is 0 Å². The van der Waals surface area contributed by atoms with Crippen molar-refractivity contribution in [2.75, 3.05) is 5.32 Å². The number of rotatable bonds is 5. The highest BCUT2D eigenvalue weighted by atomic mass is 35.5. The Hall–Kier alpha value is -3.44. The molecule has 0 bridgehead atoms. The number of hydrogen-bond donors (Lipinski definition) is 2. The van der Waals surface area contributed by atoms with Crippen LogP contribution in [0.15, 0.2) is 84.0 Å². The predicted molar refractivity (Wildman–Crippen MR) is 107 cm³/mol. The summed E-state index contributed by atoms with van der Waals surface area (Å²) in [5, 5.41) is 7.29. The highest BCUT2D eigenvalue weighted by molar-refractivity contribution is 6.30. The molecule has 3 rings (SSSR count). The van der Waals surface area contributed by atoms with Crippen LogP contribution in [0.25, 0.3) is 0 Å². The van der Waals surface area contributed by atoms with E-state index in [-0.39, 0.29) is 11.8 Å². The number of benzene rings is 3. The molecule has 0 aliphatic rings. The van der Waals surface area contributed by atoms with E-state index < -0.39 is 0 Å². The number of hydrazone groups is 1. The van der Waals surface area contributed by atoms with Gasteiger partial charge < -0.3 is 5.32 Å². The Labute approximate surface area is 161 Å². The highest BCUT2D eigenvalue weighted by Crippen LogP contribution is 2.12. The number of hydrogen-bond acceptors (Lipinski definition) is 3. The number of halogens is 1. The van der Waals surface area contributed by atoms with Gasteiger partial charge in [0.1, 0.15) is 0 Å². The number of nitrogens with zero attached hydrogens (tertiary/aromatic N) is 1. The number of carbonyl (C=O) groups is 2. The molecule has 6 heteroatoms. The van der Waals surface area contributed by atoms with E-state index in [9.17, 15) is 9.59 Å². The third-order valence-electron chi connectivity index (χ3n) is 3.67. The van der Waals surface area contributed by atoms with Crippen LogP contribution in [0.3, 0.4) is 0 Å². The molecule has 0 atom stereocenters. The lowest BCUT2D eigenvalue weighted by atomic mass is 10.1. The molecule has 3 aromatic carbocycles. The second-order valence-corrected chi connectivity index (χ2v) is 6.09. The molecular weight excluding hydrogens is 362 g/mol. The van der Waals surface area contributed by atoms with Crippen molar-refractivity contribution in [2.24, 2.45) is 5.10 Å². The van der Waals surface area contributed by atoms with Gasteiger partial charge in [-0.2, -0.15) is 5.10 Å². The van der Waals surface area contributed by atoms with Crippen molar-refractivity contribution in [2.45, 2.75) is 0 Å². The fourth-order valence-electron chi connectivity index (χ4n) is 2.31. The molecular formula is C21H16ClN3O2. The molecule has 0 aromatic heterocycles. The van der Waals surface area contributed by atoms with E-state index in [1.807, 2.05) is 12.1 Å². The van der Waals surface area contributed by atoms with Gasteiger partial charge in [0.25, 0.3) is 11.8 Å². The summed E-state index contributed by atoms with van der Waals surface area (Å²) in [6.07, 6.45) is 1.51. The van der Waals surface area contributed by atoms with Gasteiger partial charge in [-0.25, -0.2) is 5.43 Å².